The van der Waals surface area contributed by atoms with E-state index < -0.39 is 0 Å². The Morgan fingerprint density at radius 2 is 2.12 bits per heavy atom. The number of esters is 1. The zero-order valence-corrected chi connectivity index (χ0v) is 11.0. The van der Waals surface area contributed by atoms with Gasteiger partial charge >= 0.3 is 12.0 Å². The molecule has 2 rings (SSSR count). The summed E-state index contributed by atoms with van der Waals surface area (Å²) in [6, 6.07) is 0.384. The third kappa shape index (κ3) is 3.39. The van der Waals surface area contributed by atoms with Gasteiger partial charge in [-0.2, -0.15) is 0 Å². The van der Waals surface area contributed by atoms with Crippen LogP contribution >= 0.6 is 15.9 Å². The highest BCUT2D eigenvalue weighted by Crippen LogP contribution is 2.33. The van der Waals surface area contributed by atoms with Crippen LogP contribution < -0.4 is 4.74 Å². The molecule has 1 aliphatic rings. The first kappa shape index (κ1) is 12.3. The standard InChI is InChI=1S/C11H13BrN2O3/c1-16-10(15)4-7-2-9(3-7)17-11-13-5-8(12)6-14-11/h5-7,9H,2-4H2,1H3/t7-,9+. The van der Waals surface area contributed by atoms with Gasteiger partial charge in [0.1, 0.15) is 6.10 Å². The molecular weight excluding hydrogens is 288 g/mol. The molecule has 92 valence electrons. The largest absolute Gasteiger partial charge is 0.469 e. The van der Waals surface area contributed by atoms with Gasteiger partial charge in [-0.05, 0) is 34.7 Å². The molecule has 0 unspecified atom stereocenters. The molecule has 17 heavy (non-hydrogen) atoms. The van der Waals surface area contributed by atoms with Gasteiger partial charge in [-0.3, -0.25) is 4.79 Å². The molecule has 1 saturated carbocycles. The number of nitrogens with zero attached hydrogens (tertiary/aromatic N) is 2. The lowest BCUT2D eigenvalue weighted by Gasteiger charge is -2.33. The van der Waals surface area contributed by atoms with Crippen LogP contribution in [0.2, 0.25) is 0 Å². The predicted octanol–water partition coefficient (Wildman–Crippen LogP) is 1.96. The van der Waals surface area contributed by atoms with Gasteiger partial charge in [0.2, 0.25) is 0 Å². The van der Waals surface area contributed by atoms with Gasteiger partial charge in [0, 0.05) is 18.8 Å². The lowest BCUT2D eigenvalue weighted by Crippen LogP contribution is -2.35. The van der Waals surface area contributed by atoms with Gasteiger partial charge in [0.25, 0.3) is 0 Å². The summed E-state index contributed by atoms with van der Waals surface area (Å²) >= 11 is 3.26. The molecular formula is C11H13BrN2O3. The SMILES string of the molecule is COC(=O)C[C@H]1C[C@@H](Oc2ncc(Br)cn2)C1. The molecule has 0 saturated heterocycles. The van der Waals surface area contributed by atoms with Crippen LogP contribution in [0.4, 0.5) is 0 Å². The minimum atomic E-state index is -0.159. The van der Waals surface area contributed by atoms with Crippen molar-refractivity contribution >= 4 is 21.9 Å². The van der Waals surface area contributed by atoms with Crippen LogP contribution in [-0.4, -0.2) is 29.2 Å². The quantitative estimate of drug-likeness (QED) is 0.796. The Labute approximate surface area is 108 Å². The van der Waals surface area contributed by atoms with E-state index >= 15 is 0 Å². The van der Waals surface area contributed by atoms with E-state index in [2.05, 4.69) is 30.6 Å². The Hall–Kier alpha value is -1.17. The Bertz CT molecular complexity index is 390. The van der Waals surface area contributed by atoms with Crippen LogP contribution in [-0.2, 0) is 9.53 Å². The summed E-state index contributed by atoms with van der Waals surface area (Å²) < 4.78 is 11.0. The maximum Gasteiger partial charge on any atom is 0.316 e. The van der Waals surface area contributed by atoms with E-state index in [4.69, 9.17) is 4.74 Å². The van der Waals surface area contributed by atoms with Crippen molar-refractivity contribution in [1.29, 1.82) is 0 Å². The number of rotatable bonds is 4. The first-order chi connectivity index (χ1) is 8.17. The smallest absolute Gasteiger partial charge is 0.316 e. The first-order valence-corrected chi connectivity index (χ1v) is 6.17. The lowest BCUT2D eigenvalue weighted by atomic mass is 9.80. The second-order valence-electron chi connectivity index (χ2n) is 4.04. The van der Waals surface area contributed by atoms with Crippen LogP contribution in [0.3, 0.4) is 0 Å². The van der Waals surface area contributed by atoms with E-state index in [0.717, 1.165) is 17.3 Å². The number of ether oxygens (including phenoxy) is 2. The van der Waals surface area contributed by atoms with Crippen LogP contribution in [0, 0.1) is 5.92 Å². The molecule has 0 radical (unpaired) electrons. The molecule has 0 bridgehead atoms. The number of carbonyl (C=O) groups is 1. The fourth-order valence-corrected chi connectivity index (χ4v) is 1.97. The number of hydrogen-bond acceptors (Lipinski definition) is 5. The Morgan fingerprint density at radius 1 is 1.47 bits per heavy atom. The molecule has 0 N–H and O–H groups in total. The van der Waals surface area contributed by atoms with Gasteiger partial charge < -0.3 is 9.47 Å². The maximum atomic E-state index is 11.0. The summed E-state index contributed by atoms with van der Waals surface area (Å²) in [5.74, 6) is 0.205. The van der Waals surface area contributed by atoms with Gasteiger partial charge in [0.05, 0.1) is 11.6 Å². The highest BCUT2D eigenvalue weighted by Gasteiger charge is 2.33. The van der Waals surface area contributed by atoms with Crippen molar-refractivity contribution in [2.24, 2.45) is 5.92 Å². The molecule has 5 nitrogen and oxygen atoms in total. The average molecular weight is 301 g/mol. The summed E-state index contributed by atoms with van der Waals surface area (Å²) in [4.78, 5) is 19.1. The Morgan fingerprint density at radius 3 is 2.71 bits per heavy atom. The van der Waals surface area contributed by atoms with E-state index in [-0.39, 0.29) is 12.1 Å². The van der Waals surface area contributed by atoms with Crippen LogP contribution in [0.5, 0.6) is 6.01 Å². The minimum Gasteiger partial charge on any atom is -0.469 e. The molecule has 1 heterocycles. The summed E-state index contributed by atoms with van der Waals surface area (Å²) in [6.45, 7) is 0. The van der Waals surface area contributed by atoms with Crippen molar-refractivity contribution in [2.75, 3.05) is 7.11 Å². The van der Waals surface area contributed by atoms with E-state index in [1.165, 1.54) is 7.11 Å². The Kier molecular flexibility index (Phi) is 3.93. The fourth-order valence-electron chi connectivity index (χ4n) is 1.77. The van der Waals surface area contributed by atoms with Gasteiger partial charge in [0.15, 0.2) is 0 Å². The molecule has 0 aliphatic heterocycles. The third-order valence-electron chi connectivity index (χ3n) is 2.74. The molecule has 1 aliphatic carbocycles. The second kappa shape index (κ2) is 5.44. The summed E-state index contributed by atoms with van der Waals surface area (Å²) in [5.41, 5.74) is 0. The molecule has 1 fully saturated rings. The molecule has 1 aromatic heterocycles. The van der Waals surface area contributed by atoms with Crippen molar-refractivity contribution in [3.05, 3.63) is 16.9 Å². The third-order valence-corrected chi connectivity index (χ3v) is 3.15. The van der Waals surface area contributed by atoms with Crippen LogP contribution in [0.1, 0.15) is 19.3 Å². The van der Waals surface area contributed by atoms with Crippen molar-refractivity contribution in [2.45, 2.75) is 25.4 Å². The molecule has 6 heteroatoms. The second-order valence-corrected chi connectivity index (χ2v) is 4.96. The average Bonchev–Trinajstić information content (AvgIpc) is 2.28. The summed E-state index contributed by atoms with van der Waals surface area (Å²) in [7, 11) is 1.41. The van der Waals surface area contributed by atoms with E-state index in [9.17, 15) is 4.79 Å². The van der Waals surface area contributed by atoms with Crippen molar-refractivity contribution in [3.63, 3.8) is 0 Å². The molecule has 1 aromatic rings. The van der Waals surface area contributed by atoms with Crippen molar-refractivity contribution in [1.82, 2.24) is 9.97 Å². The number of hydrogen-bond donors (Lipinski definition) is 0. The topological polar surface area (TPSA) is 61.3 Å². The summed E-state index contributed by atoms with van der Waals surface area (Å²) in [6.07, 6.45) is 5.59. The monoisotopic (exact) mass is 300 g/mol. The maximum absolute atomic E-state index is 11.0. The van der Waals surface area contributed by atoms with Crippen molar-refractivity contribution < 1.29 is 14.3 Å². The summed E-state index contributed by atoms with van der Waals surface area (Å²) in [5, 5.41) is 0. The molecule has 0 spiro atoms. The molecule has 0 amide bonds. The zero-order chi connectivity index (χ0) is 12.3. The van der Waals surface area contributed by atoms with Gasteiger partial charge in [-0.1, -0.05) is 0 Å². The van der Waals surface area contributed by atoms with E-state index in [0.29, 0.717) is 18.3 Å². The normalized spacial score (nSPS) is 22.7. The predicted molar refractivity (Wildman–Crippen MR) is 63.5 cm³/mol. The molecule has 0 atom stereocenters. The Balaban J connectivity index is 1.73. The fraction of sp³-hybridized carbons (Fsp3) is 0.545. The van der Waals surface area contributed by atoms with E-state index in [1.807, 2.05) is 0 Å². The number of carbonyl (C=O) groups excluding carboxylic acids is 1. The lowest BCUT2D eigenvalue weighted by molar-refractivity contribution is -0.143. The minimum absolute atomic E-state index is 0.117. The van der Waals surface area contributed by atoms with Crippen molar-refractivity contribution in [3.8, 4) is 6.01 Å². The number of aromatic nitrogens is 2. The number of methoxy groups -OCH3 is 1. The van der Waals surface area contributed by atoms with E-state index in [1.54, 1.807) is 12.4 Å². The van der Waals surface area contributed by atoms with Gasteiger partial charge in [-0.25, -0.2) is 9.97 Å². The number of halogens is 1. The van der Waals surface area contributed by atoms with Crippen LogP contribution in [0.25, 0.3) is 0 Å². The highest BCUT2D eigenvalue weighted by atomic mass is 79.9. The first-order valence-electron chi connectivity index (χ1n) is 5.38. The van der Waals surface area contributed by atoms with Crippen LogP contribution in [0.15, 0.2) is 16.9 Å². The van der Waals surface area contributed by atoms with Gasteiger partial charge in [-0.15, -0.1) is 0 Å². The zero-order valence-electron chi connectivity index (χ0n) is 9.43. The molecule has 0 aromatic carbocycles. The highest BCUT2D eigenvalue weighted by molar-refractivity contribution is 9.10.